The van der Waals surface area contributed by atoms with Crippen LogP contribution in [0, 0.1) is 0 Å². The van der Waals surface area contributed by atoms with E-state index in [-0.39, 0.29) is 6.04 Å². The molecule has 2 aromatic heterocycles. The van der Waals surface area contributed by atoms with Gasteiger partial charge < -0.3 is 5.73 Å². The van der Waals surface area contributed by atoms with Crippen molar-refractivity contribution >= 4 is 22.5 Å². The molecule has 3 aromatic rings. The highest BCUT2D eigenvalue weighted by atomic mass is 32.1. The zero-order valence-electron chi connectivity index (χ0n) is 8.95. The van der Waals surface area contributed by atoms with Crippen molar-refractivity contribution in [2.24, 2.45) is 5.73 Å². The monoisotopic (exact) mass is 242 g/mol. The highest BCUT2D eigenvalue weighted by molar-refractivity contribution is 6.99. The van der Waals surface area contributed by atoms with E-state index >= 15 is 0 Å². The van der Waals surface area contributed by atoms with Gasteiger partial charge in [-0.05, 0) is 5.39 Å². The summed E-state index contributed by atoms with van der Waals surface area (Å²) < 4.78 is 8.16. The second-order valence-corrected chi connectivity index (χ2v) is 4.32. The maximum absolute atomic E-state index is 6.19. The van der Waals surface area contributed by atoms with Gasteiger partial charge in [0.2, 0.25) is 0 Å². The number of aromatic nitrogens is 3. The smallest absolute Gasteiger partial charge is 0.0956 e. The van der Waals surface area contributed by atoms with Gasteiger partial charge in [0.1, 0.15) is 0 Å². The lowest BCUT2D eigenvalue weighted by atomic mass is 10.0. The van der Waals surface area contributed by atoms with E-state index in [1.807, 2.05) is 30.5 Å². The number of hydrogen-bond donors (Lipinski definition) is 1. The largest absolute Gasteiger partial charge is 0.319 e. The fraction of sp³-hybridized carbons (Fsp3) is 0.0833. The summed E-state index contributed by atoms with van der Waals surface area (Å²) >= 11 is 1.17. The molecule has 1 aromatic carbocycles. The second kappa shape index (κ2) is 4.20. The number of nitrogens with two attached hydrogens (primary N) is 1. The SMILES string of the molecule is NC(c1cnsn1)c1cncc2ccccc12. The first-order valence-corrected chi connectivity index (χ1v) is 5.95. The van der Waals surface area contributed by atoms with Gasteiger partial charge in [-0.3, -0.25) is 4.98 Å². The lowest BCUT2D eigenvalue weighted by molar-refractivity contribution is 0.846. The Bertz CT molecular complexity index is 631. The van der Waals surface area contributed by atoms with Crippen molar-refractivity contribution < 1.29 is 0 Å². The zero-order valence-corrected chi connectivity index (χ0v) is 9.76. The molecule has 3 rings (SSSR count). The predicted octanol–water partition coefficient (Wildman–Crippen LogP) is 2.13. The van der Waals surface area contributed by atoms with Gasteiger partial charge in [0.15, 0.2) is 0 Å². The standard InChI is InChI=1S/C12H10N4S/c13-12(11-7-15-17-16-11)10-6-14-5-8-3-1-2-4-9(8)10/h1-7,12H,13H2. The molecule has 0 spiro atoms. The van der Waals surface area contributed by atoms with E-state index in [0.29, 0.717) is 0 Å². The zero-order chi connectivity index (χ0) is 11.7. The van der Waals surface area contributed by atoms with Crippen LogP contribution in [0.25, 0.3) is 10.8 Å². The summed E-state index contributed by atoms with van der Waals surface area (Å²) in [6, 6.07) is 7.79. The third-order valence-electron chi connectivity index (χ3n) is 2.73. The van der Waals surface area contributed by atoms with Gasteiger partial charge in [-0.2, -0.15) is 8.75 Å². The first-order valence-electron chi connectivity index (χ1n) is 5.22. The van der Waals surface area contributed by atoms with E-state index < -0.39 is 0 Å². The number of benzene rings is 1. The lowest BCUT2D eigenvalue weighted by Gasteiger charge is -2.11. The van der Waals surface area contributed by atoms with Crippen LogP contribution < -0.4 is 5.73 Å². The molecule has 1 atom stereocenters. The summed E-state index contributed by atoms with van der Waals surface area (Å²) in [5.74, 6) is 0. The second-order valence-electron chi connectivity index (χ2n) is 3.76. The predicted molar refractivity (Wildman–Crippen MR) is 67.7 cm³/mol. The molecule has 2 heterocycles. The van der Waals surface area contributed by atoms with E-state index in [4.69, 9.17) is 5.73 Å². The first kappa shape index (κ1) is 10.3. The molecule has 0 fully saturated rings. The number of rotatable bonds is 2. The average molecular weight is 242 g/mol. The molecule has 0 radical (unpaired) electrons. The molecule has 0 saturated carbocycles. The van der Waals surface area contributed by atoms with Crippen molar-refractivity contribution in [1.82, 2.24) is 13.7 Å². The van der Waals surface area contributed by atoms with Crippen LogP contribution in [0.1, 0.15) is 17.3 Å². The summed E-state index contributed by atoms with van der Waals surface area (Å²) in [5.41, 5.74) is 7.96. The first-order chi connectivity index (χ1) is 8.36. The van der Waals surface area contributed by atoms with E-state index in [0.717, 1.165) is 22.0 Å². The van der Waals surface area contributed by atoms with Crippen molar-refractivity contribution in [3.05, 3.63) is 54.1 Å². The molecular formula is C12H10N4S. The molecular weight excluding hydrogens is 232 g/mol. The van der Waals surface area contributed by atoms with Gasteiger partial charge in [0.25, 0.3) is 0 Å². The highest BCUT2D eigenvalue weighted by Crippen LogP contribution is 2.25. The Kier molecular flexibility index (Phi) is 2.55. The van der Waals surface area contributed by atoms with Gasteiger partial charge in [-0.15, -0.1) is 0 Å². The molecule has 0 amide bonds. The minimum Gasteiger partial charge on any atom is -0.319 e. The number of fused-ring (bicyclic) bond motifs is 1. The molecule has 0 aliphatic carbocycles. The topological polar surface area (TPSA) is 64.7 Å². The van der Waals surface area contributed by atoms with Gasteiger partial charge in [0.05, 0.1) is 29.7 Å². The average Bonchev–Trinajstić information content (AvgIpc) is 2.91. The quantitative estimate of drug-likeness (QED) is 0.747. The third-order valence-corrected chi connectivity index (χ3v) is 3.22. The fourth-order valence-corrected chi connectivity index (χ4v) is 2.31. The van der Waals surface area contributed by atoms with Crippen LogP contribution >= 0.6 is 11.7 Å². The Hall–Kier alpha value is -1.85. The molecule has 0 bridgehead atoms. The molecule has 0 saturated heterocycles. The number of hydrogen-bond acceptors (Lipinski definition) is 5. The molecule has 17 heavy (non-hydrogen) atoms. The number of nitrogens with zero attached hydrogens (tertiary/aromatic N) is 3. The third kappa shape index (κ3) is 1.79. The van der Waals surface area contributed by atoms with Crippen LogP contribution in [0.15, 0.2) is 42.9 Å². The minimum atomic E-state index is -0.271. The molecule has 2 N–H and O–H groups in total. The Morgan fingerprint density at radius 1 is 1.12 bits per heavy atom. The number of pyridine rings is 1. The van der Waals surface area contributed by atoms with Crippen molar-refractivity contribution in [3.8, 4) is 0 Å². The van der Waals surface area contributed by atoms with E-state index in [2.05, 4.69) is 13.7 Å². The Morgan fingerprint density at radius 3 is 2.82 bits per heavy atom. The lowest BCUT2D eigenvalue weighted by Crippen LogP contribution is -2.12. The summed E-state index contributed by atoms with van der Waals surface area (Å²) in [5, 5.41) is 2.20. The molecule has 0 aliphatic heterocycles. The van der Waals surface area contributed by atoms with Gasteiger partial charge in [0, 0.05) is 23.3 Å². The summed E-state index contributed by atoms with van der Waals surface area (Å²) in [4.78, 5) is 4.22. The molecule has 4 nitrogen and oxygen atoms in total. The summed E-state index contributed by atoms with van der Waals surface area (Å²) in [7, 11) is 0. The van der Waals surface area contributed by atoms with E-state index in [1.165, 1.54) is 11.7 Å². The maximum Gasteiger partial charge on any atom is 0.0956 e. The van der Waals surface area contributed by atoms with Crippen LogP contribution in [-0.2, 0) is 0 Å². The van der Waals surface area contributed by atoms with E-state index in [1.54, 1.807) is 12.4 Å². The highest BCUT2D eigenvalue weighted by Gasteiger charge is 2.14. The van der Waals surface area contributed by atoms with Gasteiger partial charge >= 0.3 is 0 Å². The van der Waals surface area contributed by atoms with E-state index in [9.17, 15) is 0 Å². The van der Waals surface area contributed by atoms with Gasteiger partial charge in [-0.1, -0.05) is 24.3 Å². The maximum atomic E-state index is 6.19. The molecule has 0 aliphatic rings. The van der Waals surface area contributed by atoms with Crippen LogP contribution in [0.2, 0.25) is 0 Å². The molecule has 5 heteroatoms. The van der Waals surface area contributed by atoms with Gasteiger partial charge in [-0.25, -0.2) is 0 Å². The Labute approximate surface area is 102 Å². The van der Waals surface area contributed by atoms with Crippen LogP contribution in [0.3, 0.4) is 0 Å². The Balaban J connectivity index is 2.17. The van der Waals surface area contributed by atoms with Crippen molar-refractivity contribution in [3.63, 3.8) is 0 Å². The molecule has 1 unspecified atom stereocenters. The van der Waals surface area contributed by atoms with Crippen LogP contribution in [-0.4, -0.2) is 13.7 Å². The van der Waals surface area contributed by atoms with Crippen LogP contribution in [0.4, 0.5) is 0 Å². The molecule has 84 valence electrons. The Morgan fingerprint density at radius 2 is 2.00 bits per heavy atom. The van der Waals surface area contributed by atoms with Crippen molar-refractivity contribution in [1.29, 1.82) is 0 Å². The minimum absolute atomic E-state index is 0.271. The summed E-state index contributed by atoms with van der Waals surface area (Å²) in [6.45, 7) is 0. The van der Waals surface area contributed by atoms with Crippen LogP contribution in [0.5, 0.6) is 0 Å². The van der Waals surface area contributed by atoms with Crippen molar-refractivity contribution in [2.45, 2.75) is 6.04 Å². The normalized spacial score (nSPS) is 12.8. The fourth-order valence-electron chi connectivity index (χ4n) is 1.86. The summed E-state index contributed by atoms with van der Waals surface area (Å²) in [6.07, 6.45) is 5.34. The van der Waals surface area contributed by atoms with Crippen molar-refractivity contribution in [2.75, 3.05) is 0 Å².